The minimum Gasteiger partial charge on any atom is -0.296 e. The summed E-state index contributed by atoms with van der Waals surface area (Å²) in [5.74, 6) is 0.0811. The molecule has 118 valence electrons. The number of rotatable bonds is 4. The van der Waals surface area contributed by atoms with Gasteiger partial charge in [0, 0.05) is 28.8 Å². The molecule has 0 saturated carbocycles. The van der Waals surface area contributed by atoms with Crippen molar-refractivity contribution in [2.45, 2.75) is 25.1 Å². The topological polar surface area (TPSA) is 72.3 Å². The van der Waals surface area contributed by atoms with Crippen molar-refractivity contribution >= 4 is 33.3 Å². The van der Waals surface area contributed by atoms with E-state index in [1.807, 2.05) is 19.1 Å². The van der Waals surface area contributed by atoms with E-state index in [9.17, 15) is 17.1 Å². The summed E-state index contributed by atoms with van der Waals surface area (Å²) in [7, 11) is -4.72. The summed E-state index contributed by atoms with van der Waals surface area (Å²) in [4.78, 5) is 15.5. The number of halogens is 1. The predicted molar refractivity (Wildman–Crippen MR) is 81.2 cm³/mol. The number of thiophene rings is 1. The van der Waals surface area contributed by atoms with Crippen molar-refractivity contribution in [2.75, 3.05) is 11.4 Å². The lowest BCUT2D eigenvalue weighted by molar-refractivity contribution is -0.117. The SMILES string of the molecule is Cc1ccc(Cn2nccc2N2CC(S(=O)(=O)F)CC2=O)s1. The number of anilines is 1. The molecule has 3 heterocycles. The maximum atomic E-state index is 13.1. The van der Waals surface area contributed by atoms with E-state index in [1.165, 1.54) is 9.78 Å². The second-order valence-corrected chi connectivity index (χ2v) is 8.16. The molecule has 1 fully saturated rings. The van der Waals surface area contributed by atoms with Gasteiger partial charge in [-0.3, -0.25) is 9.69 Å². The van der Waals surface area contributed by atoms with Crippen LogP contribution in [-0.2, 0) is 21.6 Å². The molecule has 2 aromatic rings. The van der Waals surface area contributed by atoms with Gasteiger partial charge in [0.25, 0.3) is 0 Å². The first-order valence-electron chi connectivity index (χ1n) is 6.65. The third-order valence-corrected chi connectivity index (χ3v) is 5.66. The molecular formula is C13H14FN3O3S2. The van der Waals surface area contributed by atoms with Gasteiger partial charge in [0.05, 0.1) is 12.7 Å². The smallest absolute Gasteiger partial charge is 0.296 e. The molecule has 1 atom stereocenters. The minimum atomic E-state index is -4.72. The quantitative estimate of drug-likeness (QED) is 0.792. The number of hydrogen-bond donors (Lipinski definition) is 0. The molecule has 1 amide bonds. The molecule has 1 saturated heterocycles. The lowest BCUT2D eigenvalue weighted by Crippen LogP contribution is -2.29. The molecule has 22 heavy (non-hydrogen) atoms. The van der Waals surface area contributed by atoms with Crippen LogP contribution in [0.2, 0.25) is 0 Å². The molecule has 9 heteroatoms. The monoisotopic (exact) mass is 343 g/mol. The average molecular weight is 343 g/mol. The number of aryl methyl sites for hydroxylation is 1. The van der Waals surface area contributed by atoms with E-state index in [2.05, 4.69) is 5.10 Å². The fraction of sp³-hybridized carbons (Fsp3) is 0.385. The molecule has 6 nitrogen and oxygen atoms in total. The van der Waals surface area contributed by atoms with E-state index in [0.29, 0.717) is 12.4 Å². The van der Waals surface area contributed by atoms with Crippen molar-refractivity contribution in [1.82, 2.24) is 9.78 Å². The summed E-state index contributed by atoms with van der Waals surface area (Å²) in [6.07, 6.45) is 1.21. The molecule has 1 unspecified atom stereocenters. The van der Waals surface area contributed by atoms with Crippen molar-refractivity contribution in [3.63, 3.8) is 0 Å². The van der Waals surface area contributed by atoms with Crippen molar-refractivity contribution in [3.05, 3.63) is 34.2 Å². The van der Waals surface area contributed by atoms with E-state index >= 15 is 0 Å². The van der Waals surface area contributed by atoms with Gasteiger partial charge in [-0.2, -0.15) is 13.5 Å². The Morgan fingerprint density at radius 1 is 1.41 bits per heavy atom. The third-order valence-electron chi connectivity index (χ3n) is 3.56. The van der Waals surface area contributed by atoms with Crippen LogP contribution in [0, 0.1) is 6.92 Å². The lowest BCUT2D eigenvalue weighted by Gasteiger charge is -2.17. The Balaban J connectivity index is 1.84. The summed E-state index contributed by atoms with van der Waals surface area (Å²) in [5.41, 5.74) is 0. The first-order chi connectivity index (χ1) is 10.3. The second kappa shape index (κ2) is 5.47. The third kappa shape index (κ3) is 2.91. The van der Waals surface area contributed by atoms with Gasteiger partial charge in [0.15, 0.2) is 0 Å². The number of carbonyl (C=O) groups excluding carboxylic acids is 1. The molecule has 0 spiro atoms. The maximum absolute atomic E-state index is 13.1. The van der Waals surface area contributed by atoms with Crippen molar-refractivity contribution in [3.8, 4) is 0 Å². The zero-order chi connectivity index (χ0) is 15.9. The zero-order valence-electron chi connectivity index (χ0n) is 11.8. The normalized spacial score (nSPS) is 19.1. The van der Waals surface area contributed by atoms with Crippen LogP contribution in [0.5, 0.6) is 0 Å². The standard InChI is InChI=1S/C13H14FN3O3S2/c1-9-2-3-10(21-9)7-17-12(4-5-15-17)16-8-11(6-13(16)18)22(14,19)20/h2-5,11H,6-8H2,1H3. The molecule has 1 aliphatic heterocycles. The van der Waals surface area contributed by atoms with Crippen molar-refractivity contribution < 1.29 is 17.1 Å². The van der Waals surface area contributed by atoms with Crippen LogP contribution in [-0.4, -0.2) is 35.9 Å². The molecular weight excluding hydrogens is 329 g/mol. The fourth-order valence-corrected chi connectivity index (χ4v) is 4.02. The highest BCUT2D eigenvalue weighted by Gasteiger charge is 2.40. The molecule has 0 aromatic carbocycles. The Morgan fingerprint density at radius 3 is 2.77 bits per heavy atom. The molecule has 3 rings (SSSR count). The number of amides is 1. The Bertz CT molecular complexity index is 812. The van der Waals surface area contributed by atoms with E-state index in [4.69, 9.17) is 0 Å². The van der Waals surface area contributed by atoms with Crippen LogP contribution >= 0.6 is 11.3 Å². The van der Waals surface area contributed by atoms with Gasteiger partial charge in [0.2, 0.25) is 5.91 Å². The fourth-order valence-electron chi connectivity index (χ4n) is 2.48. The first-order valence-corrected chi connectivity index (χ1v) is 8.92. The summed E-state index contributed by atoms with van der Waals surface area (Å²) < 4.78 is 36.7. The Kier molecular flexibility index (Phi) is 3.77. The molecule has 0 N–H and O–H groups in total. The average Bonchev–Trinajstić information content (AvgIpc) is 3.10. The Morgan fingerprint density at radius 2 is 2.18 bits per heavy atom. The first kappa shape index (κ1) is 15.2. The summed E-state index contributed by atoms with van der Waals surface area (Å²) in [6, 6.07) is 5.60. The molecule has 1 aliphatic rings. The van der Waals surface area contributed by atoms with Crippen LogP contribution in [0.4, 0.5) is 9.70 Å². The summed E-state index contributed by atoms with van der Waals surface area (Å²) >= 11 is 1.62. The number of nitrogens with zero attached hydrogens (tertiary/aromatic N) is 3. The van der Waals surface area contributed by atoms with Crippen LogP contribution < -0.4 is 4.90 Å². The maximum Gasteiger partial charge on any atom is 0.307 e. The second-order valence-electron chi connectivity index (χ2n) is 5.17. The lowest BCUT2D eigenvalue weighted by atomic mass is 10.4. The van der Waals surface area contributed by atoms with E-state index in [-0.39, 0.29) is 13.0 Å². The Hall–Kier alpha value is -1.74. The molecule has 2 aromatic heterocycles. The van der Waals surface area contributed by atoms with Gasteiger partial charge in [-0.1, -0.05) is 0 Å². The number of carbonyl (C=O) groups is 1. The summed E-state index contributed by atoms with van der Waals surface area (Å²) in [5, 5.41) is 2.87. The van der Waals surface area contributed by atoms with Crippen molar-refractivity contribution in [2.24, 2.45) is 0 Å². The number of hydrogen-bond acceptors (Lipinski definition) is 5. The van der Waals surface area contributed by atoms with Gasteiger partial charge >= 0.3 is 10.2 Å². The van der Waals surface area contributed by atoms with Crippen LogP contribution in [0.1, 0.15) is 16.2 Å². The number of aromatic nitrogens is 2. The van der Waals surface area contributed by atoms with Crippen LogP contribution in [0.15, 0.2) is 24.4 Å². The van der Waals surface area contributed by atoms with Crippen LogP contribution in [0.3, 0.4) is 0 Å². The van der Waals surface area contributed by atoms with Gasteiger partial charge in [-0.25, -0.2) is 4.68 Å². The van der Waals surface area contributed by atoms with Crippen LogP contribution in [0.25, 0.3) is 0 Å². The van der Waals surface area contributed by atoms with E-state index in [0.717, 1.165) is 4.88 Å². The van der Waals surface area contributed by atoms with Gasteiger partial charge in [0.1, 0.15) is 11.1 Å². The highest BCUT2D eigenvalue weighted by molar-refractivity contribution is 7.87. The predicted octanol–water partition coefficient (Wildman–Crippen LogP) is 1.71. The van der Waals surface area contributed by atoms with Crippen molar-refractivity contribution in [1.29, 1.82) is 0 Å². The molecule has 0 bridgehead atoms. The van der Waals surface area contributed by atoms with Gasteiger partial charge < -0.3 is 0 Å². The largest absolute Gasteiger partial charge is 0.307 e. The molecule has 0 aliphatic carbocycles. The highest BCUT2D eigenvalue weighted by atomic mass is 32.3. The highest BCUT2D eigenvalue weighted by Crippen LogP contribution is 2.27. The Labute approximate surface area is 131 Å². The molecule has 0 radical (unpaired) electrons. The minimum absolute atomic E-state index is 0.174. The van der Waals surface area contributed by atoms with E-state index < -0.39 is 21.4 Å². The van der Waals surface area contributed by atoms with E-state index in [1.54, 1.807) is 28.3 Å². The summed E-state index contributed by atoms with van der Waals surface area (Å²) in [6.45, 7) is 2.31. The van der Waals surface area contributed by atoms with Gasteiger partial charge in [-0.15, -0.1) is 15.2 Å². The van der Waals surface area contributed by atoms with Gasteiger partial charge in [-0.05, 0) is 19.1 Å². The zero-order valence-corrected chi connectivity index (χ0v) is 13.4.